The molecule has 0 spiro atoms. The van der Waals surface area contributed by atoms with Crippen molar-refractivity contribution in [2.24, 2.45) is 5.92 Å². The molecule has 2 rings (SSSR count). The second-order valence-corrected chi connectivity index (χ2v) is 6.01. The third-order valence-corrected chi connectivity index (χ3v) is 4.59. The Labute approximate surface area is 114 Å². The van der Waals surface area contributed by atoms with Crippen molar-refractivity contribution in [3.05, 3.63) is 0 Å². The lowest BCUT2D eigenvalue weighted by Gasteiger charge is -2.34. The minimum Gasteiger partial charge on any atom is -0.480 e. The Morgan fingerprint density at radius 3 is 2.74 bits per heavy atom. The van der Waals surface area contributed by atoms with Gasteiger partial charge in [-0.15, -0.1) is 0 Å². The maximum atomic E-state index is 12.5. The fourth-order valence-corrected chi connectivity index (χ4v) is 3.31. The summed E-state index contributed by atoms with van der Waals surface area (Å²) in [6.45, 7) is 5.96. The largest absolute Gasteiger partial charge is 0.480 e. The van der Waals surface area contributed by atoms with Crippen LogP contribution in [0.4, 0.5) is 4.79 Å². The summed E-state index contributed by atoms with van der Waals surface area (Å²) in [7, 11) is 0. The van der Waals surface area contributed by atoms with Gasteiger partial charge < -0.3 is 14.9 Å². The van der Waals surface area contributed by atoms with E-state index in [1.165, 1.54) is 0 Å². The van der Waals surface area contributed by atoms with Crippen LogP contribution < -0.4 is 0 Å². The van der Waals surface area contributed by atoms with E-state index in [0.29, 0.717) is 18.9 Å². The summed E-state index contributed by atoms with van der Waals surface area (Å²) in [6, 6.07) is -0.0824. The first-order valence-electron chi connectivity index (χ1n) is 7.29. The number of carboxylic acid groups (broad SMARTS) is 1. The predicted octanol–water partition coefficient (Wildman–Crippen LogP) is 2.17. The molecule has 0 aromatic carbocycles. The molecular weight excluding hydrogens is 244 g/mol. The van der Waals surface area contributed by atoms with Gasteiger partial charge in [-0.05, 0) is 38.5 Å². The number of likely N-dealkylation sites (tertiary alicyclic amines) is 2. The third kappa shape index (κ3) is 2.55. The number of carbonyl (C=O) groups excluding carboxylic acids is 1. The molecule has 2 saturated heterocycles. The molecule has 2 heterocycles. The average Bonchev–Trinajstić information content (AvgIpc) is 2.96. The number of carbonyl (C=O) groups is 2. The van der Waals surface area contributed by atoms with Crippen molar-refractivity contribution in [3.63, 3.8) is 0 Å². The lowest BCUT2D eigenvalue weighted by Crippen LogP contribution is -2.54. The molecule has 5 nitrogen and oxygen atoms in total. The van der Waals surface area contributed by atoms with Crippen molar-refractivity contribution in [1.29, 1.82) is 0 Å². The summed E-state index contributed by atoms with van der Waals surface area (Å²) in [5.74, 6) is -0.296. The highest BCUT2D eigenvalue weighted by molar-refractivity contribution is 5.86. The molecule has 2 amide bonds. The molecule has 2 atom stereocenters. The predicted molar refractivity (Wildman–Crippen MR) is 72.0 cm³/mol. The molecule has 1 N–H and O–H groups in total. The van der Waals surface area contributed by atoms with E-state index < -0.39 is 11.5 Å². The number of urea groups is 1. The molecule has 2 aliphatic heterocycles. The zero-order valence-corrected chi connectivity index (χ0v) is 11.9. The Morgan fingerprint density at radius 1 is 1.37 bits per heavy atom. The second kappa shape index (κ2) is 5.39. The standard InChI is InChI=1S/C14H24N2O3/c1-3-5-11-6-9-15(10-11)13(19)16-8-4-7-14(16,2)12(17)18/h11H,3-10H2,1-2H3,(H,17,18). The van der Waals surface area contributed by atoms with Crippen LogP contribution in [0.25, 0.3) is 0 Å². The summed E-state index contributed by atoms with van der Waals surface area (Å²) >= 11 is 0. The van der Waals surface area contributed by atoms with E-state index in [0.717, 1.165) is 38.8 Å². The average molecular weight is 268 g/mol. The Kier molecular flexibility index (Phi) is 4.02. The van der Waals surface area contributed by atoms with Gasteiger partial charge in [0.15, 0.2) is 0 Å². The molecule has 0 aromatic heterocycles. The van der Waals surface area contributed by atoms with Gasteiger partial charge in [0.05, 0.1) is 0 Å². The van der Waals surface area contributed by atoms with Crippen molar-refractivity contribution in [1.82, 2.24) is 9.80 Å². The minimum absolute atomic E-state index is 0.0824. The second-order valence-electron chi connectivity index (χ2n) is 6.01. The summed E-state index contributed by atoms with van der Waals surface area (Å²) in [5, 5.41) is 9.36. The van der Waals surface area contributed by atoms with Crippen LogP contribution in [-0.2, 0) is 4.79 Å². The molecule has 0 bridgehead atoms. The number of hydrogen-bond donors (Lipinski definition) is 1. The number of hydrogen-bond acceptors (Lipinski definition) is 2. The van der Waals surface area contributed by atoms with Crippen LogP contribution in [0, 0.1) is 5.92 Å². The smallest absolute Gasteiger partial charge is 0.329 e. The molecule has 0 aliphatic carbocycles. The van der Waals surface area contributed by atoms with Gasteiger partial charge in [0.25, 0.3) is 0 Å². The van der Waals surface area contributed by atoms with Gasteiger partial charge >= 0.3 is 12.0 Å². The maximum absolute atomic E-state index is 12.5. The molecule has 0 saturated carbocycles. The van der Waals surface area contributed by atoms with E-state index in [4.69, 9.17) is 0 Å². The highest BCUT2D eigenvalue weighted by Crippen LogP contribution is 2.32. The molecular formula is C14H24N2O3. The Hall–Kier alpha value is -1.26. The normalized spacial score (nSPS) is 30.9. The number of nitrogens with zero attached hydrogens (tertiary/aromatic N) is 2. The Morgan fingerprint density at radius 2 is 2.11 bits per heavy atom. The molecule has 2 fully saturated rings. The Bertz CT molecular complexity index is 372. The zero-order valence-electron chi connectivity index (χ0n) is 11.9. The zero-order chi connectivity index (χ0) is 14.0. The van der Waals surface area contributed by atoms with Crippen LogP contribution in [0.15, 0.2) is 0 Å². The SMILES string of the molecule is CCCC1CCN(C(=O)N2CCCC2(C)C(=O)O)C1. The maximum Gasteiger partial charge on any atom is 0.329 e. The quantitative estimate of drug-likeness (QED) is 0.853. The summed E-state index contributed by atoms with van der Waals surface area (Å²) < 4.78 is 0. The van der Waals surface area contributed by atoms with Crippen LogP contribution in [0.2, 0.25) is 0 Å². The van der Waals surface area contributed by atoms with E-state index >= 15 is 0 Å². The van der Waals surface area contributed by atoms with Crippen LogP contribution in [-0.4, -0.2) is 52.1 Å². The van der Waals surface area contributed by atoms with Gasteiger partial charge in [-0.25, -0.2) is 9.59 Å². The van der Waals surface area contributed by atoms with Crippen LogP contribution in [0.1, 0.15) is 46.0 Å². The van der Waals surface area contributed by atoms with Crippen LogP contribution in [0.5, 0.6) is 0 Å². The van der Waals surface area contributed by atoms with Gasteiger partial charge in [-0.2, -0.15) is 0 Å². The first-order valence-corrected chi connectivity index (χ1v) is 7.29. The lowest BCUT2D eigenvalue weighted by atomic mass is 10.00. The molecule has 2 aliphatic rings. The van der Waals surface area contributed by atoms with Crippen LogP contribution >= 0.6 is 0 Å². The molecule has 0 aromatic rings. The molecule has 2 unspecified atom stereocenters. The molecule has 0 radical (unpaired) electrons. The van der Waals surface area contributed by atoms with Gasteiger partial charge in [0, 0.05) is 19.6 Å². The van der Waals surface area contributed by atoms with Gasteiger partial charge in [0.2, 0.25) is 0 Å². The summed E-state index contributed by atoms with van der Waals surface area (Å²) in [6.07, 6.45) is 4.68. The Balaban J connectivity index is 2.02. The number of aliphatic carboxylic acids is 1. The van der Waals surface area contributed by atoms with Crippen molar-refractivity contribution < 1.29 is 14.7 Å². The van der Waals surface area contributed by atoms with Crippen molar-refractivity contribution >= 4 is 12.0 Å². The molecule has 5 heteroatoms. The number of carboxylic acids is 1. The topological polar surface area (TPSA) is 60.9 Å². The van der Waals surface area contributed by atoms with Gasteiger partial charge in [-0.3, -0.25) is 0 Å². The van der Waals surface area contributed by atoms with Gasteiger partial charge in [0.1, 0.15) is 5.54 Å². The fraction of sp³-hybridized carbons (Fsp3) is 0.857. The van der Waals surface area contributed by atoms with E-state index in [9.17, 15) is 14.7 Å². The summed E-state index contributed by atoms with van der Waals surface area (Å²) in [5.41, 5.74) is -1.01. The molecule has 19 heavy (non-hydrogen) atoms. The first-order chi connectivity index (χ1) is 8.99. The minimum atomic E-state index is -1.01. The van der Waals surface area contributed by atoms with Crippen molar-refractivity contribution in [2.45, 2.75) is 51.5 Å². The van der Waals surface area contributed by atoms with E-state index in [-0.39, 0.29) is 6.03 Å². The van der Waals surface area contributed by atoms with Gasteiger partial charge in [-0.1, -0.05) is 13.3 Å². The monoisotopic (exact) mass is 268 g/mol. The third-order valence-electron chi connectivity index (χ3n) is 4.59. The van der Waals surface area contributed by atoms with Crippen molar-refractivity contribution in [2.75, 3.05) is 19.6 Å². The lowest BCUT2D eigenvalue weighted by molar-refractivity contribution is -0.147. The number of amides is 2. The van der Waals surface area contributed by atoms with E-state index in [1.54, 1.807) is 11.8 Å². The van der Waals surface area contributed by atoms with E-state index in [2.05, 4.69) is 6.92 Å². The van der Waals surface area contributed by atoms with Crippen molar-refractivity contribution in [3.8, 4) is 0 Å². The fourth-order valence-electron chi connectivity index (χ4n) is 3.31. The highest BCUT2D eigenvalue weighted by atomic mass is 16.4. The number of rotatable bonds is 3. The van der Waals surface area contributed by atoms with Crippen LogP contribution in [0.3, 0.4) is 0 Å². The van der Waals surface area contributed by atoms with E-state index in [1.807, 2.05) is 4.90 Å². The first kappa shape index (κ1) is 14.2. The highest BCUT2D eigenvalue weighted by Gasteiger charge is 2.47. The summed E-state index contributed by atoms with van der Waals surface area (Å²) in [4.78, 5) is 27.3. The molecule has 108 valence electrons.